The second-order valence-electron chi connectivity index (χ2n) is 8.22. The Bertz CT molecular complexity index is 799. The minimum Gasteiger partial charge on any atom is -0.354 e. The number of hydrogen-bond acceptors (Lipinski definition) is 4. The quantitative estimate of drug-likeness (QED) is 0.870. The van der Waals surface area contributed by atoms with E-state index in [1.165, 1.54) is 24.8 Å². The molecule has 1 saturated heterocycles. The van der Waals surface area contributed by atoms with Crippen LogP contribution in [0.15, 0.2) is 36.4 Å². The van der Waals surface area contributed by atoms with Crippen molar-refractivity contribution >= 4 is 11.7 Å². The minimum atomic E-state index is 0.0496. The number of nitrogens with one attached hydrogen (secondary N) is 1. The summed E-state index contributed by atoms with van der Waals surface area (Å²) in [6, 6.07) is 12.7. The van der Waals surface area contributed by atoms with Gasteiger partial charge in [-0.05, 0) is 50.3 Å². The van der Waals surface area contributed by atoms with Crippen LogP contribution in [0.1, 0.15) is 50.5 Å². The van der Waals surface area contributed by atoms with Crippen molar-refractivity contribution in [3.63, 3.8) is 0 Å². The Kier molecular flexibility index (Phi) is 5.89. The fraction of sp³-hybridized carbons (Fsp3) is 0.522. The molecule has 4 rings (SSSR count). The highest BCUT2D eigenvalue weighted by molar-refractivity contribution is 5.80. The molecule has 1 saturated carbocycles. The van der Waals surface area contributed by atoms with Gasteiger partial charge >= 0.3 is 0 Å². The molecular formula is C23H30N4O. The lowest BCUT2D eigenvalue weighted by Gasteiger charge is -2.34. The Morgan fingerprint density at radius 1 is 1.00 bits per heavy atom. The Morgan fingerprint density at radius 3 is 2.57 bits per heavy atom. The predicted molar refractivity (Wildman–Crippen MR) is 112 cm³/mol. The van der Waals surface area contributed by atoms with E-state index in [0.717, 1.165) is 55.8 Å². The van der Waals surface area contributed by atoms with Crippen LogP contribution in [0, 0.1) is 12.8 Å². The lowest BCUT2D eigenvalue weighted by atomic mass is 9.93. The van der Waals surface area contributed by atoms with Crippen LogP contribution < -0.4 is 10.2 Å². The van der Waals surface area contributed by atoms with Gasteiger partial charge in [-0.1, -0.05) is 43.5 Å². The van der Waals surface area contributed by atoms with E-state index in [4.69, 9.17) is 0 Å². The van der Waals surface area contributed by atoms with E-state index in [0.29, 0.717) is 6.04 Å². The highest BCUT2D eigenvalue weighted by atomic mass is 16.2. The van der Waals surface area contributed by atoms with Gasteiger partial charge in [0.2, 0.25) is 5.91 Å². The van der Waals surface area contributed by atoms with E-state index in [-0.39, 0.29) is 11.8 Å². The first-order valence-corrected chi connectivity index (χ1v) is 10.7. The van der Waals surface area contributed by atoms with Gasteiger partial charge in [0.25, 0.3) is 0 Å². The zero-order chi connectivity index (χ0) is 19.3. The summed E-state index contributed by atoms with van der Waals surface area (Å²) in [5.41, 5.74) is 3.21. The number of rotatable bonds is 4. The molecule has 2 aliphatic rings. The van der Waals surface area contributed by atoms with E-state index in [2.05, 4.69) is 39.5 Å². The number of carbonyl (C=O) groups excluding carboxylic acids is 1. The van der Waals surface area contributed by atoms with Crippen LogP contribution in [-0.4, -0.2) is 35.2 Å². The van der Waals surface area contributed by atoms with Gasteiger partial charge in [-0.15, -0.1) is 10.2 Å². The van der Waals surface area contributed by atoms with Gasteiger partial charge in [0.05, 0.1) is 11.6 Å². The summed E-state index contributed by atoms with van der Waals surface area (Å²) < 4.78 is 0. The number of aryl methyl sites for hydroxylation is 1. The molecule has 1 amide bonds. The molecule has 5 heteroatoms. The van der Waals surface area contributed by atoms with Crippen molar-refractivity contribution in [3.05, 3.63) is 42.0 Å². The summed E-state index contributed by atoms with van der Waals surface area (Å²) >= 11 is 0. The SMILES string of the molecule is Cc1ccccc1-c1ccc(N2CCC[C@@H](C(=O)NC3CCCCC3)C2)nn1. The average Bonchev–Trinajstić information content (AvgIpc) is 2.75. The van der Waals surface area contributed by atoms with E-state index in [1.54, 1.807) is 0 Å². The fourth-order valence-corrected chi connectivity index (χ4v) is 4.46. The molecule has 0 radical (unpaired) electrons. The summed E-state index contributed by atoms with van der Waals surface area (Å²) in [6.45, 7) is 3.76. The van der Waals surface area contributed by atoms with E-state index >= 15 is 0 Å². The van der Waals surface area contributed by atoms with Crippen molar-refractivity contribution in [1.29, 1.82) is 0 Å². The van der Waals surface area contributed by atoms with Gasteiger partial charge in [0.15, 0.2) is 5.82 Å². The molecule has 1 aliphatic carbocycles. The number of amides is 1. The Balaban J connectivity index is 1.40. The number of aromatic nitrogens is 2. The highest BCUT2D eigenvalue weighted by Gasteiger charge is 2.28. The molecule has 5 nitrogen and oxygen atoms in total. The third-order valence-corrected chi connectivity index (χ3v) is 6.14. The van der Waals surface area contributed by atoms with Crippen LogP contribution in [0.4, 0.5) is 5.82 Å². The first-order chi connectivity index (χ1) is 13.7. The number of anilines is 1. The second-order valence-corrected chi connectivity index (χ2v) is 8.22. The molecule has 1 atom stereocenters. The maximum Gasteiger partial charge on any atom is 0.225 e. The van der Waals surface area contributed by atoms with Crippen LogP contribution in [0.25, 0.3) is 11.3 Å². The molecule has 2 fully saturated rings. The normalized spacial score (nSPS) is 20.8. The third kappa shape index (κ3) is 4.34. The van der Waals surface area contributed by atoms with Gasteiger partial charge in [-0.2, -0.15) is 0 Å². The molecule has 0 unspecified atom stereocenters. The second kappa shape index (κ2) is 8.72. The molecule has 1 aliphatic heterocycles. The number of nitrogens with zero attached hydrogens (tertiary/aromatic N) is 3. The topological polar surface area (TPSA) is 58.1 Å². The Morgan fingerprint density at radius 2 is 1.82 bits per heavy atom. The van der Waals surface area contributed by atoms with Crippen molar-refractivity contribution < 1.29 is 4.79 Å². The first kappa shape index (κ1) is 18.9. The monoisotopic (exact) mass is 378 g/mol. The third-order valence-electron chi connectivity index (χ3n) is 6.14. The van der Waals surface area contributed by atoms with Gasteiger partial charge < -0.3 is 10.2 Å². The van der Waals surface area contributed by atoms with E-state index < -0.39 is 0 Å². The van der Waals surface area contributed by atoms with Gasteiger partial charge in [-0.25, -0.2) is 0 Å². The van der Waals surface area contributed by atoms with Gasteiger partial charge in [-0.3, -0.25) is 4.79 Å². The summed E-state index contributed by atoms with van der Waals surface area (Å²) in [5.74, 6) is 1.14. The summed E-state index contributed by atoms with van der Waals surface area (Å²) in [5, 5.41) is 12.2. The largest absolute Gasteiger partial charge is 0.354 e. The minimum absolute atomic E-state index is 0.0496. The molecule has 2 heterocycles. The number of benzene rings is 1. The van der Waals surface area contributed by atoms with Gasteiger partial charge in [0.1, 0.15) is 0 Å². The van der Waals surface area contributed by atoms with Crippen molar-refractivity contribution in [3.8, 4) is 11.3 Å². The zero-order valence-corrected chi connectivity index (χ0v) is 16.7. The molecule has 1 aromatic heterocycles. The van der Waals surface area contributed by atoms with Crippen LogP contribution in [0.3, 0.4) is 0 Å². The lowest BCUT2D eigenvalue weighted by Crippen LogP contribution is -2.46. The molecule has 148 valence electrons. The van der Waals surface area contributed by atoms with E-state index in [9.17, 15) is 4.79 Å². The van der Waals surface area contributed by atoms with Crippen molar-refractivity contribution in [2.24, 2.45) is 5.92 Å². The predicted octanol–water partition coefficient (Wildman–Crippen LogP) is 4.12. The molecule has 1 aromatic carbocycles. The number of hydrogen-bond donors (Lipinski definition) is 1. The van der Waals surface area contributed by atoms with Crippen molar-refractivity contribution in [2.45, 2.75) is 57.9 Å². The molecular weight excluding hydrogens is 348 g/mol. The smallest absolute Gasteiger partial charge is 0.225 e. The standard InChI is InChI=1S/C23H30N4O/c1-17-8-5-6-12-20(17)21-13-14-22(26-25-21)27-15-7-9-18(16-27)23(28)24-19-10-3-2-4-11-19/h5-6,8,12-14,18-19H,2-4,7,9-11,15-16H2,1H3,(H,24,28)/t18-/m1/s1. The maximum absolute atomic E-state index is 12.7. The molecule has 0 bridgehead atoms. The van der Waals surface area contributed by atoms with Crippen molar-refractivity contribution in [2.75, 3.05) is 18.0 Å². The van der Waals surface area contributed by atoms with Crippen LogP contribution in [0.5, 0.6) is 0 Å². The molecule has 28 heavy (non-hydrogen) atoms. The van der Waals surface area contributed by atoms with Crippen LogP contribution in [0.2, 0.25) is 0 Å². The molecule has 0 spiro atoms. The van der Waals surface area contributed by atoms with E-state index in [1.807, 2.05) is 24.3 Å². The number of carbonyl (C=O) groups is 1. The lowest BCUT2D eigenvalue weighted by molar-refractivity contribution is -0.126. The van der Waals surface area contributed by atoms with Crippen LogP contribution >= 0.6 is 0 Å². The molecule has 2 aromatic rings. The summed E-state index contributed by atoms with van der Waals surface area (Å²) in [7, 11) is 0. The highest BCUT2D eigenvalue weighted by Crippen LogP contribution is 2.25. The van der Waals surface area contributed by atoms with Gasteiger partial charge in [0, 0.05) is 24.7 Å². The first-order valence-electron chi connectivity index (χ1n) is 10.7. The van der Waals surface area contributed by atoms with Crippen LogP contribution in [-0.2, 0) is 4.79 Å². The maximum atomic E-state index is 12.7. The fourth-order valence-electron chi connectivity index (χ4n) is 4.46. The average molecular weight is 379 g/mol. The summed E-state index contributed by atoms with van der Waals surface area (Å²) in [6.07, 6.45) is 8.03. The zero-order valence-electron chi connectivity index (χ0n) is 16.7. The van der Waals surface area contributed by atoms with Crippen molar-refractivity contribution in [1.82, 2.24) is 15.5 Å². The Hall–Kier alpha value is -2.43. The number of piperidine rings is 1. The summed E-state index contributed by atoms with van der Waals surface area (Å²) in [4.78, 5) is 15.0. The Labute approximate surface area is 167 Å². The molecule has 1 N–H and O–H groups in total.